The Morgan fingerprint density at radius 2 is 2.05 bits per heavy atom. The SMILES string of the molecule is CC(C)NC(=O)N1CCN(Cc2cc3ccccn3n2)CC1. The van der Waals surface area contributed by atoms with E-state index in [-0.39, 0.29) is 12.1 Å². The Hall–Kier alpha value is -2.08. The number of rotatable bonds is 3. The number of carbonyl (C=O) groups excluding carboxylic acids is 1. The van der Waals surface area contributed by atoms with Crippen molar-refractivity contribution in [1.29, 1.82) is 0 Å². The number of hydrogen-bond donors (Lipinski definition) is 1. The summed E-state index contributed by atoms with van der Waals surface area (Å²) in [5.74, 6) is 0. The molecule has 0 atom stereocenters. The van der Waals surface area contributed by atoms with E-state index in [4.69, 9.17) is 0 Å². The van der Waals surface area contributed by atoms with E-state index < -0.39 is 0 Å². The van der Waals surface area contributed by atoms with E-state index in [1.165, 1.54) is 0 Å². The minimum absolute atomic E-state index is 0.0439. The van der Waals surface area contributed by atoms with Crippen LogP contribution in [0.1, 0.15) is 19.5 Å². The molecule has 0 radical (unpaired) electrons. The first-order valence-electron chi connectivity index (χ1n) is 7.83. The first kappa shape index (κ1) is 14.8. The summed E-state index contributed by atoms with van der Waals surface area (Å²) in [5, 5.41) is 7.53. The summed E-state index contributed by atoms with van der Waals surface area (Å²) in [6, 6.07) is 8.41. The Balaban J connectivity index is 1.54. The van der Waals surface area contributed by atoms with E-state index >= 15 is 0 Å². The highest BCUT2D eigenvalue weighted by atomic mass is 16.2. The lowest BCUT2D eigenvalue weighted by Crippen LogP contribution is -2.52. The maximum absolute atomic E-state index is 12.0. The second kappa shape index (κ2) is 6.36. The fourth-order valence-corrected chi connectivity index (χ4v) is 2.74. The summed E-state index contributed by atoms with van der Waals surface area (Å²) in [7, 11) is 0. The zero-order chi connectivity index (χ0) is 15.5. The van der Waals surface area contributed by atoms with Crippen LogP contribution in [0.2, 0.25) is 0 Å². The van der Waals surface area contributed by atoms with Gasteiger partial charge in [0.25, 0.3) is 0 Å². The standard InChI is InChI=1S/C16H23N5O/c1-13(2)17-16(22)20-9-7-19(8-10-20)12-14-11-15-5-3-4-6-21(15)18-14/h3-6,11,13H,7-10,12H2,1-2H3,(H,17,22). The van der Waals surface area contributed by atoms with Crippen LogP contribution in [0.5, 0.6) is 0 Å². The van der Waals surface area contributed by atoms with Crippen molar-refractivity contribution in [1.82, 2.24) is 24.7 Å². The van der Waals surface area contributed by atoms with Crippen LogP contribution >= 0.6 is 0 Å². The van der Waals surface area contributed by atoms with Crippen molar-refractivity contribution in [3.05, 3.63) is 36.2 Å². The number of nitrogens with one attached hydrogen (secondary N) is 1. The van der Waals surface area contributed by atoms with Gasteiger partial charge >= 0.3 is 6.03 Å². The lowest BCUT2D eigenvalue weighted by atomic mass is 10.3. The monoisotopic (exact) mass is 301 g/mol. The number of aromatic nitrogens is 2. The molecule has 6 heteroatoms. The largest absolute Gasteiger partial charge is 0.336 e. The highest BCUT2D eigenvalue weighted by molar-refractivity contribution is 5.74. The van der Waals surface area contributed by atoms with Crippen LogP contribution < -0.4 is 5.32 Å². The molecular formula is C16H23N5O. The smallest absolute Gasteiger partial charge is 0.317 e. The Kier molecular flexibility index (Phi) is 4.29. The third-order valence-corrected chi connectivity index (χ3v) is 3.88. The maximum Gasteiger partial charge on any atom is 0.317 e. The number of carbonyl (C=O) groups is 1. The van der Waals surface area contributed by atoms with Crippen molar-refractivity contribution in [2.75, 3.05) is 26.2 Å². The van der Waals surface area contributed by atoms with Crippen molar-refractivity contribution in [2.45, 2.75) is 26.4 Å². The van der Waals surface area contributed by atoms with Gasteiger partial charge in [0.2, 0.25) is 0 Å². The van der Waals surface area contributed by atoms with Gasteiger partial charge in [0.1, 0.15) is 0 Å². The van der Waals surface area contributed by atoms with Gasteiger partial charge in [0, 0.05) is 45.0 Å². The van der Waals surface area contributed by atoms with Crippen molar-refractivity contribution >= 4 is 11.5 Å². The molecule has 6 nitrogen and oxygen atoms in total. The Morgan fingerprint density at radius 1 is 1.27 bits per heavy atom. The summed E-state index contributed by atoms with van der Waals surface area (Å²) < 4.78 is 1.90. The molecule has 2 aromatic rings. The molecule has 2 amide bonds. The molecule has 1 fully saturated rings. The van der Waals surface area contributed by atoms with Gasteiger partial charge in [0.05, 0.1) is 11.2 Å². The van der Waals surface area contributed by atoms with Crippen LogP contribution in [0.3, 0.4) is 0 Å². The molecule has 3 heterocycles. The molecule has 118 valence electrons. The van der Waals surface area contributed by atoms with Crippen molar-refractivity contribution in [3.63, 3.8) is 0 Å². The van der Waals surface area contributed by atoms with Crippen LogP contribution in [0.4, 0.5) is 4.79 Å². The molecule has 0 unspecified atom stereocenters. The van der Waals surface area contributed by atoms with Gasteiger partial charge in [0.15, 0.2) is 0 Å². The van der Waals surface area contributed by atoms with Crippen LogP contribution in [-0.2, 0) is 6.54 Å². The third kappa shape index (κ3) is 3.39. The molecule has 0 bridgehead atoms. The number of amides is 2. The third-order valence-electron chi connectivity index (χ3n) is 3.88. The molecule has 0 aliphatic carbocycles. The number of nitrogens with zero attached hydrogens (tertiary/aromatic N) is 4. The van der Waals surface area contributed by atoms with E-state index in [2.05, 4.69) is 27.4 Å². The Labute approximate surface area is 130 Å². The molecule has 2 aromatic heterocycles. The summed E-state index contributed by atoms with van der Waals surface area (Å²) in [6.45, 7) is 8.12. The van der Waals surface area contributed by atoms with Crippen LogP contribution in [0, 0.1) is 0 Å². The van der Waals surface area contributed by atoms with Crippen LogP contribution in [-0.4, -0.2) is 57.7 Å². The quantitative estimate of drug-likeness (QED) is 0.936. The van der Waals surface area contributed by atoms with E-state index in [0.29, 0.717) is 0 Å². The molecule has 1 saturated heterocycles. The summed E-state index contributed by atoms with van der Waals surface area (Å²) >= 11 is 0. The van der Waals surface area contributed by atoms with Gasteiger partial charge in [-0.05, 0) is 32.0 Å². The second-order valence-electron chi connectivity index (χ2n) is 6.07. The van der Waals surface area contributed by atoms with Crippen molar-refractivity contribution in [2.24, 2.45) is 0 Å². The zero-order valence-corrected chi connectivity index (χ0v) is 13.2. The fraction of sp³-hybridized carbons (Fsp3) is 0.500. The Morgan fingerprint density at radius 3 is 2.73 bits per heavy atom. The molecule has 0 aromatic carbocycles. The molecular weight excluding hydrogens is 278 g/mol. The van der Waals surface area contributed by atoms with Gasteiger partial charge < -0.3 is 10.2 Å². The van der Waals surface area contributed by atoms with Gasteiger partial charge in [-0.15, -0.1) is 0 Å². The fourth-order valence-electron chi connectivity index (χ4n) is 2.74. The van der Waals surface area contributed by atoms with Gasteiger partial charge in [-0.3, -0.25) is 4.90 Å². The Bertz CT molecular complexity index is 610. The minimum atomic E-state index is 0.0439. The normalized spacial score (nSPS) is 16.4. The zero-order valence-electron chi connectivity index (χ0n) is 13.2. The summed E-state index contributed by atoms with van der Waals surface area (Å²) in [6.07, 6.45) is 1.97. The highest BCUT2D eigenvalue weighted by Crippen LogP contribution is 2.10. The first-order valence-corrected chi connectivity index (χ1v) is 7.83. The topological polar surface area (TPSA) is 52.9 Å². The van der Waals surface area contributed by atoms with Gasteiger partial charge in [-0.1, -0.05) is 6.07 Å². The number of hydrogen-bond acceptors (Lipinski definition) is 3. The van der Waals surface area contributed by atoms with Crippen molar-refractivity contribution < 1.29 is 4.79 Å². The molecule has 0 spiro atoms. The highest BCUT2D eigenvalue weighted by Gasteiger charge is 2.21. The summed E-state index contributed by atoms with van der Waals surface area (Å²) in [4.78, 5) is 16.2. The van der Waals surface area contributed by atoms with E-state index in [1.54, 1.807) is 0 Å². The number of piperazine rings is 1. The van der Waals surface area contributed by atoms with E-state index in [9.17, 15) is 4.79 Å². The lowest BCUT2D eigenvalue weighted by Gasteiger charge is -2.34. The van der Waals surface area contributed by atoms with Gasteiger partial charge in [-0.25, -0.2) is 9.31 Å². The summed E-state index contributed by atoms with van der Waals surface area (Å²) in [5.41, 5.74) is 2.19. The van der Waals surface area contributed by atoms with E-state index in [1.807, 2.05) is 41.6 Å². The second-order valence-corrected chi connectivity index (χ2v) is 6.07. The predicted octanol–water partition coefficient (Wildman–Crippen LogP) is 1.57. The van der Waals surface area contributed by atoms with Crippen LogP contribution in [0.15, 0.2) is 30.5 Å². The molecule has 1 aliphatic heterocycles. The average molecular weight is 301 g/mol. The molecule has 22 heavy (non-hydrogen) atoms. The predicted molar refractivity (Wildman–Crippen MR) is 85.7 cm³/mol. The van der Waals surface area contributed by atoms with Crippen LogP contribution in [0.25, 0.3) is 5.52 Å². The molecule has 0 saturated carbocycles. The average Bonchev–Trinajstić information content (AvgIpc) is 2.89. The molecule has 1 aliphatic rings. The molecule has 3 rings (SSSR count). The minimum Gasteiger partial charge on any atom is -0.336 e. The van der Waals surface area contributed by atoms with Gasteiger partial charge in [-0.2, -0.15) is 5.10 Å². The van der Waals surface area contributed by atoms with Crippen molar-refractivity contribution in [3.8, 4) is 0 Å². The lowest BCUT2D eigenvalue weighted by molar-refractivity contribution is 0.133. The molecule has 1 N–H and O–H groups in total. The maximum atomic E-state index is 12.0. The number of pyridine rings is 1. The number of fused-ring (bicyclic) bond motifs is 1. The van der Waals surface area contributed by atoms with E-state index in [0.717, 1.165) is 43.9 Å². The first-order chi connectivity index (χ1) is 10.6. The number of urea groups is 1.